The molecule has 6 nitrogen and oxygen atoms in total. The summed E-state index contributed by atoms with van der Waals surface area (Å²) >= 11 is 8.22. The van der Waals surface area contributed by atoms with Crippen LogP contribution in [-0.2, 0) is 11.3 Å². The van der Waals surface area contributed by atoms with Gasteiger partial charge in [-0.05, 0) is 42.3 Å². The van der Waals surface area contributed by atoms with Crippen molar-refractivity contribution in [3.8, 4) is 0 Å². The average Bonchev–Trinajstić information content (AvgIpc) is 3.17. The lowest BCUT2D eigenvalue weighted by Crippen LogP contribution is -2.24. The Morgan fingerprint density at radius 2 is 1.86 bits per heavy atom. The van der Waals surface area contributed by atoms with E-state index in [1.165, 1.54) is 11.8 Å². The van der Waals surface area contributed by atoms with Crippen LogP contribution in [0, 0.1) is 6.92 Å². The van der Waals surface area contributed by atoms with Crippen LogP contribution in [0.3, 0.4) is 0 Å². The second kappa shape index (κ2) is 9.68. The molecule has 2 N–H and O–H groups in total. The number of hydrogen-bond acceptors (Lipinski definition) is 6. The molecule has 144 valence electrons. The van der Waals surface area contributed by atoms with Gasteiger partial charge >= 0.3 is 0 Å². The van der Waals surface area contributed by atoms with E-state index in [1.807, 2.05) is 31.2 Å². The molecular formula is C19H17ClN4O2S2. The summed E-state index contributed by atoms with van der Waals surface area (Å²) in [5.41, 5.74) is 2.84. The molecule has 3 rings (SSSR count). The Labute approximate surface area is 175 Å². The number of carbonyl (C=O) groups excluding carboxylic acids is 2. The largest absolute Gasteiger partial charge is 0.351 e. The number of aryl methyl sites for hydroxylation is 1. The fourth-order valence-electron chi connectivity index (χ4n) is 2.26. The molecule has 0 aliphatic heterocycles. The average molecular weight is 433 g/mol. The number of nitrogens with zero attached hydrogens (tertiary/aromatic N) is 2. The lowest BCUT2D eigenvalue weighted by atomic mass is 10.1. The first-order valence-electron chi connectivity index (χ1n) is 8.35. The zero-order valence-corrected chi connectivity index (χ0v) is 17.3. The van der Waals surface area contributed by atoms with Gasteiger partial charge in [0, 0.05) is 17.3 Å². The maximum absolute atomic E-state index is 12.2. The normalized spacial score (nSPS) is 10.5. The first-order chi connectivity index (χ1) is 13.5. The van der Waals surface area contributed by atoms with Gasteiger partial charge in [0.25, 0.3) is 5.91 Å². The van der Waals surface area contributed by atoms with E-state index in [4.69, 9.17) is 11.6 Å². The van der Waals surface area contributed by atoms with Crippen LogP contribution in [0.25, 0.3) is 0 Å². The summed E-state index contributed by atoms with van der Waals surface area (Å²) in [5.74, 6) is -0.245. The number of halogens is 1. The topological polar surface area (TPSA) is 84.0 Å². The van der Waals surface area contributed by atoms with Gasteiger partial charge in [0.15, 0.2) is 4.34 Å². The monoisotopic (exact) mass is 432 g/mol. The molecule has 9 heteroatoms. The van der Waals surface area contributed by atoms with Crippen LogP contribution in [-0.4, -0.2) is 27.8 Å². The Hall–Kier alpha value is -2.42. The van der Waals surface area contributed by atoms with Gasteiger partial charge in [0.2, 0.25) is 10.9 Å². The third kappa shape index (κ3) is 5.79. The lowest BCUT2D eigenvalue weighted by molar-refractivity contribution is -0.118. The summed E-state index contributed by atoms with van der Waals surface area (Å²) in [6.07, 6.45) is 0. The SMILES string of the molecule is Cc1ccccc1CNC(=O)CSc1nnc(C(=O)Nc2ccc(Cl)cc2)s1. The van der Waals surface area contributed by atoms with E-state index in [-0.39, 0.29) is 22.6 Å². The molecular weight excluding hydrogens is 416 g/mol. The number of amides is 2. The van der Waals surface area contributed by atoms with Crippen molar-refractivity contribution in [3.63, 3.8) is 0 Å². The van der Waals surface area contributed by atoms with Gasteiger partial charge in [-0.15, -0.1) is 10.2 Å². The maximum Gasteiger partial charge on any atom is 0.286 e. The van der Waals surface area contributed by atoms with Crippen molar-refractivity contribution in [1.29, 1.82) is 0 Å². The highest BCUT2D eigenvalue weighted by atomic mass is 35.5. The Bertz CT molecular complexity index is 976. The minimum absolute atomic E-state index is 0.101. The summed E-state index contributed by atoms with van der Waals surface area (Å²) in [5, 5.41) is 14.3. The summed E-state index contributed by atoms with van der Waals surface area (Å²) in [4.78, 5) is 24.3. The molecule has 0 atom stereocenters. The van der Waals surface area contributed by atoms with E-state index in [1.54, 1.807) is 24.3 Å². The number of carbonyl (C=O) groups is 2. The Morgan fingerprint density at radius 3 is 2.61 bits per heavy atom. The molecule has 0 spiro atoms. The van der Waals surface area contributed by atoms with Crippen molar-refractivity contribution < 1.29 is 9.59 Å². The van der Waals surface area contributed by atoms with E-state index in [0.29, 0.717) is 21.6 Å². The molecule has 1 aromatic heterocycles. The van der Waals surface area contributed by atoms with E-state index in [9.17, 15) is 9.59 Å². The Morgan fingerprint density at radius 1 is 1.11 bits per heavy atom. The van der Waals surface area contributed by atoms with Crippen LogP contribution in [0.1, 0.15) is 20.9 Å². The van der Waals surface area contributed by atoms with Gasteiger partial charge in [-0.2, -0.15) is 0 Å². The Balaban J connectivity index is 1.47. The van der Waals surface area contributed by atoms with Gasteiger partial charge < -0.3 is 10.6 Å². The molecule has 0 radical (unpaired) electrons. The highest BCUT2D eigenvalue weighted by molar-refractivity contribution is 8.01. The van der Waals surface area contributed by atoms with E-state index < -0.39 is 0 Å². The van der Waals surface area contributed by atoms with Gasteiger partial charge in [-0.1, -0.05) is 59.0 Å². The van der Waals surface area contributed by atoms with Gasteiger partial charge in [0.05, 0.1) is 5.75 Å². The predicted octanol–water partition coefficient (Wildman–Crippen LogP) is 4.16. The fourth-order valence-corrected chi connectivity index (χ4v) is 3.96. The molecule has 0 bridgehead atoms. The molecule has 0 fully saturated rings. The van der Waals surface area contributed by atoms with E-state index in [0.717, 1.165) is 22.5 Å². The number of rotatable bonds is 7. The second-order valence-corrected chi connectivity index (χ2v) is 8.46. The molecule has 0 saturated carbocycles. The van der Waals surface area contributed by atoms with Crippen molar-refractivity contribution in [2.24, 2.45) is 0 Å². The second-order valence-electron chi connectivity index (χ2n) is 5.83. The van der Waals surface area contributed by atoms with Crippen LogP contribution in [0.5, 0.6) is 0 Å². The third-order valence-electron chi connectivity index (χ3n) is 3.77. The van der Waals surface area contributed by atoms with Crippen LogP contribution >= 0.6 is 34.7 Å². The number of nitrogens with one attached hydrogen (secondary N) is 2. The van der Waals surface area contributed by atoms with Crippen LogP contribution in [0.4, 0.5) is 5.69 Å². The predicted molar refractivity (Wildman–Crippen MR) is 113 cm³/mol. The molecule has 28 heavy (non-hydrogen) atoms. The maximum atomic E-state index is 12.2. The molecule has 2 amide bonds. The summed E-state index contributed by atoms with van der Waals surface area (Å²) in [7, 11) is 0. The van der Waals surface area contributed by atoms with E-state index in [2.05, 4.69) is 20.8 Å². The van der Waals surface area contributed by atoms with Crippen LogP contribution < -0.4 is 10.6 Å². The van der Waals surface area contributed by atoms with Crippen molar-refractivity contribution in [3.05, 3.63) is 69.7 Å². The first-order valence-corrected chi connectivity index (χ1v) is 10.5. The molecule has 2 aromatic carbocycles. The highest BCUT2D eigenvalue weighted by Gasteiger charge is 2.14. The Kier molecular flexibility index (Phi) is 7.02. The van der Waals surface area contributed by atoms with Crippen LogP contribution in [0.15, 0.2) is 52.9 Å². The first kappa shape index (κ1) is 20.3. The van der Waals surface area contributed by atoms with Crippen molar-refractivity contribution in [1.82, 2.24) is 15.5 Å². The number of aromatic nitrogens is 2. The summed E-state index contributed by atoms with van der Waals surface area (Å²) in [6.45, 7) is 2.49. The zero-order valence-electron chi connectivity index (χ0n) is 14.9. The third-order valence-corrected chi connectivity index (χ3v) is 6.07. The zero-order chi connectivity index (χ0) is 19.9. The molecule has 0 saturated heterocycles. The van der Waals surface area contributed by atoms with E-state index >= 15 is 0 Å². The lowest BCUT2D eigenvalue weighted by Gasteiger charge is -2.07. The molecule has 0 aliphatic carbocycles. The smallest absolute Gasteiger partial charge is 0.286 e. The number of thioether (sulfide) groups is 1. The minimum Gasteiger partial charge on any atom is -0.351 e. The van der Waals surface area contributed by atoms with Gasteiger partial charge in [-0.3, -0.25) is 9.59 Å². The standard InChI is InChI=1S/C19H17ClN4O2S2/c1-12-4-2-3-5-13(12)10-21-16(25)11-27-19-24-23-18(28-19)17(26)22-15-8-6-14(20)7-9-15/h2-9H,10-11H2,1H3,(H,21,25)(H,22,26). The molecule has 0 aliphatic rings. The summed E-state index contributed by atoms with van der Waals surface area (Å²) < 4.78 is 0.562. The quantitative estimate of drug-likeness (QED) is 0.547. The molecule has 3 aromatic rings. The number of benzene rings is 2. The van der Waals surface area contributed by atoms with Crippen LogP contribution in [0.2, 0.25) is 5.02 Å². The van der Waals surface area contributed by atoms with Gasteiger partial charge in [0.1, 0.15) is 0 Å². The highest BCUT2D eigenvalue weighted by Crippen LogP contribution is 2.23. The summed E-state index contributed by atoms with van der Waals surface area (Å²) in [6, 6.07) is 14.7. The van der Waals surface area contributed by atoms with Gasteiger partial charge in [-0.25, -0.2) is 0 Å². The fraction of sp³-hybridized carbons (Fsp3) is 0.158. The molecule has 1 heterocycles. The minimum atomic E-state index is -0.351. The number of anilines is 1. The van der Waals surface area contributed by atoms with Crippen molar-refractivity contribution in [2.75, 3.05) is 11.1 Å². The molecule has 0 unspecified atom stereocenters. The van der Waals surface area contributed by atoms with Crippen molar-refractivity contribution >= 4 is 52.2 Å². The van der Waals surface area contributed by atoms with Crippen molar-refractivity contribution in [2.45, 2.75) is 17.8 Å². The number of hydrogen-bond donors (Lipinski definition) is 2.